The molecular weight excluding hydrogens is 220 g/mol. The summed E-state index contributed by atoms with van der Waals surface area (Å²) in [4.78, 5) is 2.44. The molecule has 1 atom stereocenters. The topological polar surface area (TPSA) is 15.3 Å². The number of para-hydroxylation sites is 1. The van der Waals surface area contributed by atoms with E-state index in [9.17, 15) is 0 Å². The molecule has 0 radical (unpaired) electrons. The van der Waals surface area contributed by atoms with Crippen LogP contribution in [0.2, 0.25) is 0 Å². The van der Waals surface area contributed by atoms with E-state index >= 15 is 0 Å². The molecule has 0 saturated carbocycles. The van der Waals surface area contributed by atoms with Crippen LogP contribution < -0.4 is 10.2 Å². The molecule has 18 heavy (non-hydrogen) atoms. The number of rotatable bonds is 4. The van der Waals surface area contributed by atoms with Gasteiger partial charge in [0.2, 0.25) is 0 Å². The molecule has 0 bridgehead atoms. The van der Waals surface area contributed by atoms with Crippen LogP contribution in [0, 0.1) is 12.3 Å². The lowest BCUT2D eigenvalue weighted by atomic mass is 9.78. The first-order valence-corrected chi connectivity index (χ1v) is 7.14. The van der Waals surface area contributed by atoms with Crippen molar-refractivity contribution in [2.24, 2.45) is 5.41 Å². The largest absolute Gasteiger partial charge is 0.374 e. The molecule has 1 aliphatic rings. The summed E-state index contributed by atoms with van der Waals surface area (Å²) in [6.07, 6.45) is 3.93. The number of nitrogens with zero attached hydrogens (tertiary/aromatic N) is 1. The Bertz CT molecular complexity index is 380. The highest BCUT2D eigenvalue weighted by Gasteiger charge is 2.31. The van der Waals surface area contributed by atoms with E-state index in [0.717, 1.165) is 6.54 Å². The maximum Gasteiger partial charge on any atom is 0.0393 e. The molecule has 2 heteroatoms. The molecular formula is C16H26N2. The Hall–Kier alpha value is -1.02. The van der Waals surface area contributed by atoms with Gasteiger partial charge in [-0.2, -0.15) is 0 Å². The quantitative estimate of drug-likeness (QED) is 0.877. The van der Waals surface area contributed by atoms with Crippen molar-refractivity contribution >= 4 is 5.69 Å². The van der Waals surface area contributed by atoms with E-state index in [2.05, 4.69) is 55.4 Å². The fourth-order valence-electron chi connectivity index (χ4n) is 3.16. The lowest BCUT2D eigenvalue weighted by Gasteiger charge is -2.40. The van der Waals surface area contributed by atoms with Crippen LogP contribution >= 0.6 is 0 Å². The summed E-state index contributed by atoms with van der Waals surface area (Å²) in [5.41, 5.74) is 3.20. The number of piperidine rings is 1. The second-order valence-corrected chi connectivity index (χ2v) is 5.78. The van der Waals surface area contributed by atoms with Gasteiger partial charge in [-0.1, -0.05) is 25.1 Å². The van der Waals surface area contributed by atoms with E-state index in [4.69, 9.17) is 0 Å². The van der Waals surface area contributed by atoms with Crippen molar-refractivity contribution < 1.29 is 0 Å². The lowest BCUT2D eigenvalue weighted by Crippen LogP contribution is -2.46. The Kier molecular flexibility index (Phi) is 4.28. The van der Waals surface area contributed by atoms with Crippen molar-refractivity contribution in [1.29, 1.82) is 0 Å². The Labute approximate surface area is 111 Å². The molecule has 0 aliphatic carbocycles. The van der Waals surface area contributed by atoms with Crippen LogP contribution in [0.5, 0.6) is 0 Å². The number of nitrogens with one attached hydrogen (secondary N) is 1. The minimum absolute atomic E-state index is 0.454. The van der Waals surface area contributed by atoms with Crippen LogP contribution in [-0.4, -0.2) is 26.7 Å². The minimum atomic E-state index is 0.454. The number of anilines is 1. The predicted octanol–water partition coefficient (Wildman–Crippen LogP) is 3.21. The SMILES string of the molecule is CCC1(CN(C)c2ccccc2C)CCCNC1. The summed E-state index contributed by atoms with van der Waals surface area (Å²) in [7, 11) is 2.23. The van der Waals surface area contributed by atoms with Gasteiger partial charge in [-0.15, -0.1) is 0 Å². The highest BCUT2D eigenvalue weighted by Crippen LogP contribution is 2.32. The van der Waals surface area contributed by atoms with Crippen LogP contribution in [0.25, 0.3) is 0 Å². The molecule has 0 aromatic heterocycles. The fourth-order valence-corrected chi connectivity index (χ4v) is 3.16. The average molecular weight is 246 g/mol. The molecule has 1 unspecified atom stereocenters. The third kappa shape index (κ3) is 2.86. The van der Waals surface area contributed by atoms with Crippen molar-refractivity contribution in [1.82, 2.24) is 5.32 Å². The van der Waals surface area contributed by atoms with Crippen LogP contribution in [0.4, 0.5) is 5.69 Å². The lowest BCUT2D eigenvalue weighted by molar-refractivity contribution is 0.207. The summed E-state index contributed by atoms with van der Waals surface area (Å²) in [6.45, 7) is 8.04. The van der Waals surface area contributed by atoms with E-state index in [-0.39, 0.29) is 0 Å². The number of aryl methyl sites for hydroxylation is 1. The van der Waals surface area contributed by atoms with Crippen molar-refractivity contribution in [2.75, 3.05) is 31.6 Å². The van der Waals surface area contributed by atoms with Crippen LogP contribution in [0.15, 0.2) is 24.3 Å². The highest BCUT2D eigenvalue weighted by molar-refractivity contribution is 5.52. The zero-order valence-electron chi connectivity index (χ0n) is 12.0. The van der Waals surface area contributed by atoms with E-state index in [1.807, 2.05) is 0 Å². The summed E-state index contributed by atoms with van der Waals surface area (Å²) in [5, 5.41) is 3.57. The highest BCUT2D eigenvalue weighted by atomic mass is 15.1. The first-order valence-electron chi connectivity index (χ1n) is 7.14. The first kappa shape index (κ1) is 13.4. The molecule has 2 rings (SSSR count). The fraction of sp³-hybridized carbons (Fsp3) is 0.625. The zero-order valence-corrected chi connectivity index (χ0v) is 12.0. The minimum Gasteiger partial charge on any atom is -0.374 e. The molecule has 2 nitrogen and oxygen atoms in total. The van der Waals surface area contributed by atoms with E-state index in [1.54, 1.807) is 0 Å². The summed E-state index contributed by atoms with van der Waals surface area (Å²) in [5.74, 6) is 0. The number of benzene rings is 1. The number of hydrogen-bond acceptors (Lipinski definition) is 2. The van der Waals surface area contributed by atoms with Crippen LogP contribution in [0.1, 0.15) is 31.7 Å². The van der Waals surface area contributed by atoms with Gasteiger partial charge >= 0.3 is 0 Å². The van der Waals surface area contributed by atoms with Gasteiger partial charge in [-0.25, -0.2) is 0 Å². The van der Waals surface area contributed by atoms with Crippen molar-refractivity contribution in [3.63, 3.8) is 0 Å². The van der Waals surface area contributed by atoms with E-state index < -0.39 is 0 Å². The normalized spacial score (nSPS) is 23.9. The van der Waals surface area contributed by atoms with Gasteiger partial charge in [0.25, 0.3) is 0 Å². The van der Waals surface area contributed by atoms with E-state index in [1.165, 1.54) is 43.6 Å². The summed E-state index contributed by atoms with van der Waals surface area (Å²) < 4.78 is 0. The zero-order chi connectivity index (χ0) is 13.0. The standard InChI is InChI=1S/C16H26N2/c1-4-16(10-7-11-17-12-16)13-18(3)15-9-6-5-8-14(15)2/h5-6,8-9,17H,4,7,10-13H2,1-3H3. The smallest absolute Gasteiger partial charge is 0.0393 e. The van der Waals surface area contributed by atoms with Crippen molar-refractivity contribution in [2.45, 2.75) is 33.1 Å². The molecule has 1 aliphatic heterocycles. The molecule has 1 heterocycles. The molecule has 0 amide bonds. The Morgan fingerprint density at radius 3 is 2.72 bits per heavy atom. The van der Waals surface area contributed by atoms with Gasteiger partial charge in [-0.05, 0) is 44.4 Å². The van der Waals surface area contributed by atoms with Gasteiger partial charge in [0.05, 0.1) is 0 Å². The molecule has 1 N–H and O–H groups in total. The van der Waals surface area contributed by atoms with Crippen LogP contribution in [0.3, 0.4) is 0 Å². The van der Waals surface area contributed by atoms with Gasteiger partial charge in [-0.3, -0.25) is 0 Å². The molecule has 100 valence electrons. The number of hydrogen-bond donors (Lipinski definition) is 1. The second-order valence-electron chi connectivity index (χ2n) is 5.78. The maximum absolute atomic E-state index is 3.57. The van der Waals surface area contributed by atoms with Gasteiger partial charge < -0.3 is 10.2 Å². The summed E-state index contributed by atoms with van der Waals surface area (Å²) in [6, 6.07) is 8.68. The predicted molar refractivity (Wildman–Crippen MR) is 79.3 cm³/mol. The van der Waals surface area contributed by atoms with Crippen molar-refractivity contribution in [3.8, 4) is 0 Å². The molecule has 1 aromatic rings. The molecule has 1 fully saturated rings. The van der Waals surface area contributed by atoms with E-state index in [0.29, 0.717) is 5.41 Å². The first-order chi connectivity index (χ1) is 8.67. The van der Waals surface area contributed by atoms with Crippen molar-refractivity contribution in [3.05, 3.63) is 29.8 Å². The van der Waals surface area contributed by atoms with Gasteiger partial charge in [0.15, 0.2) is 0 Å². The second kappa shape index (κ2) is 5.75. The Morgan fingerprint density at radius 2 is 2.11 bits per heavy atom. The van der Waals surface area contributed by atoms with Crippen LogP contribution in [-0.2, 0) is 0 Å². The Morgan fingerprint density at radius 1 is 1.33 bits per heavy atom. The molecule has 0 spiro atoms. The maximum atomic E-state index is 3.57. The Balaban J connectivity index is 2.10. The average Bonchev–Trinajstić information content (AvgIpc) is 2.40. The monoisotopic (exact) mass is 246 g/mol. The summed E-state index contributed by atoms with van der Waals surface area (Å²) >= 11 is 0. The molecule has 1 saturated heterocycles. The molecule has 1 aromatic carbocycles. The van der Waals surface area contributed by atoms with Gasteiger partial charge in [0, 0.05) is 31.2 Å². The van der Waals surface area contributed by atoms with Gasteiger partial charge in [0.1, 0.15) is 0 Å². The third-order valence-corrected chi connectivity index (χ3v) is 4.41. The third-order valence-electron chi connectivity index (χ3n) is 4.41.